The number of hydrogen-bond donors (Lipinski definition) is 1. The lowest BCUT2D eigenvalue weighted by atomic mass is 9.88. The van der Waals surface area contributed by atoms with Crippen molar-refractivity contribution in [3.8, 4) is 0 Å². The minimum Gasteiger partial charge on any atom is -0.348 e. The van der Waals surface area contributed by atoms with Gasteiger partial charge in [-0.3, -0.25) is 9.10 Å². The van der Waals surface area contributed by atoms with Crippen molar-refractivity contribution in [1.82, 2.24) is 5.32 Å². The van der Waals surface area contributed by atoms with E-state index in [2.05, 4.69) is 11.4 Å². The van der Waals surface area contributed by atoms with E-state index in [-0.39, 0.29) is 23.4 Å². The summed E-state index contributed by atoms with van der Waals surface area (Å²) >= 11 is 0. The molecule has 1 unspecified atom stereocenters. The lowest BCUT2D eigenvalue weighted by Crippen LogP contribution is -2.42. The van der Waals surface area contributed by atoms with Gasteiger partial charge in [-0.1, -0.05) is 60.2 Å². The summed E-state index contributed by atoms with van der Waals surface area (Å²) in [5.74, 6) is -0.318. The van der Waals surface area contributed by atoms with Crippen molar-refractivity contribution in [2.45, 2.75) is 37.1 Å². The van der Waals surface area contributed by atoms with Gasteiger partial charge in [0.05, 0.1) is 16.6 Å². The quantitative estimate of drug-likeness (QED) is 0.626. The molecule has 0 aromatic heterocycles. The van der Waals surface area contributed by atoms with Crippen LogP contribution in [-0.4, -0.2) is 20.9 Å². The largest absolute Gasteiger partial charge is 0.348 e. The molecule has 0 radical (unpaired) electrons. The highest BCUT2D eigenvalue weighted by molar-refractivity contribution is 7.92. The Labute approximate surface area is 183 Å². The molecule has 31 heavy (non-hydrogen) atoms. The summed E-state index contributed by atoms with van der Waals surface area (Å²) in [5, 5.41) is 3.07. The third-order valence-corrected chi connectivity index (χ3v) is 7.43. The number of nitrogens with one attached hydrogen (secondary N) is 1. The van der Waals surface area contributed by atoms with Crippen molar-refractivity contribution >= 4 is 21.6 Å². The second-order valence-corrected chi connectivity index (χ2v) is 9.73. The fraction of sp³-hybridized carbons (Fsp3) is 0.240. The third-order valence-electron chi connectivity index (χ3n) is 5.65. The van der Waals surface area contributed by atoms with Gasteiger partial charge in [0.1, 0.15) is 6.54 Å². The highest BCUT2D eigenvalue weighted by Crippen LogP contribution is 2.30. The Balaban J connectivity index is 1.61. The SMILES string of the molecule is Cc1ccc(N(CC(=O)NC2CCCc3ccccc32)S(=O)(=O)c2ccccc2)cc1. The van der Waals surface area contributed by atoms with E-state index in [4.69, 9.17) is 0 Å². The number of fused-ring (bicyclic) bond motifs is 1. The predicted molar refractivity (Wildman–Crippen MR) is 122 cm³/mol. The van der Waals surface area contributed by atoms with E-state index in [0.29, 0.717) is 5.69 Å². The summed E-state index contributed by atoms with van der Waals surface area (Å²) in [4.78, 5) is 13.2. The Kier molecular flexibility index (Phi) is 6.09. The number of carbonyl (C=O) groups excluding carboxylic acids is 1. The molecule has 0 bridgehead atoms. The highest BCUT2D eigenvalue weighted by Gasteiger charge is 2.29. The van der Waals surface area contributed by atoms with E-state index in [1.54, 1.807) is 42.5 Å². The fourth-order valence-corrected chi connectivity index (χ4v) is 5.46. The summed E-state index contributed by atoms with van der Waals surface area (Å²) in [5.41, 5.74) is 3.85. The lowest BCUT2D eigenvalue weighted by molar-refractivity contribution is -0.120. The number of benzene rings is 3. The molecule has 1 aliphatic rings. The van der Waals surface area contributed by atoms with Gasteiger partial charge >= 0.3 is 0 Å². The molecule has 3 aromatic carbocycles. The van der Waals surface area contributed by atoms with Gasteiger partial charge in [-0.15, -0.1) is 0 Å². The fourth-order valence-electron chi connectivity index (χ4n) is 4.02. The van der Waals surface area contributed by atoms with Crippen LogP contribution in [0.2, 0.25) is 0 Å². The number of aryl methyl sites for hydroxylation is 2. The van der Waals surface area contributed by atoms with Gasteiger partial charge in [-0.2, -0.15) is 0 Å². The molecule has 0 fully saturated rings. The number of sulfonamides is 1. The van der Waals surface area contributed by atoms with Gasteiger partial charge in [0.15, 0.2) is 0 Å². The Morgan fingerprint density at radius 2 is 1.65 bits per heavy atom. The smallest absolute Gasteiger partial charge is 0.264 e. The summed E-state index contributed by atoms with van der Waals surface area (Å²) in [6.45, 7) is 1.66. The zero-order chi connectivity index (χ0) is 21.8. The molecule has 6 heteroatoms. The van der Waals surface area contributed by atoms with E-state index >= 15 is 0 Å². The van der Waals surface area contributed by atoms with Crippen LogP contribution >= 0.6 is 0 Å². The monoisotopic (exact) mass is 434 g/mol. The highest BCUT2D eigenvalue weighted by atomic mass is 32.2. The standard InChI is InChI=1S/C25H26N2O3S/c1-19-14-16-21(17-15-19)27(31(29,30)22-10-3-2-4-11-22)18-25(28)26-24-13-7-9-20-8-5-6-12-23(20)24/h2-6,8,10-12,14-17,24H,7,9,13,18H2,1H3,(H,26,28). The number of carbonyl (C=O) groups is 1. The summed E-state index contributed by atoms with van der Waals surface area (Å²) in [7, 11) is -3.89. The van der Waals surface area contributed by atoms with Crippen LogP contribution in [0.1, 0.15) is 35.6 Å². The van der Waals surface area contributed by atoms with Crippen LogP contribution in [-0.2, 0) is 21.2 Å². The molecule has 5 nitrogen and oxygen atoms in total. The minimum absolute atomic E-state index is 0.100. The third kappa shape index (κ3) is 4.64. The van der Waals surface area contributed by atoms with Crippen LogP contribution in [0.25, 0.3) is 0 Å². The van der Waals surface area contributed by atoms with E-state index in [1.165, 1.54) is 9.87 Å². The maximum absolute atomic E-state index is 13.4. The first kappa shape index (κ1) is 21.1. The number of amides is 1. The van der Waals surface area contributed by atoms with Crippen LogP contribution in [0, 0.1) is 6.92 Å². The van der Waals surface area contributed by atoms with Crippen molar-refractivity contribution in [2.24, 2.45) is 0 Å². The molecular formula is C25H26N2O3S. The van der Waals surface area contributed by atoms with Gasteiger partial charge in [-0.25, -0.2) is 8.42 Å². The molecule has 3 aromatic rings. The zero-order valence-electron chi connectivity index (χ0n) is 17.5. The molecule has 1 aliphatic carbocycles. The molecule has 1 N–H and O–H groups in total. The van der Waals surface area contributed by atoms with Crippen molar-refractivity contribution in [3.63, 3.8) is 0 Å². The number of nitrogens with zero attached hydrogens (tertiary/aromatic N) is 1. The molecule has 0 heterocycles. The van der Waals surface area contributed by atoms with Crippen LogP contribution in [0.15, 0.2) is 83.8 Å². The average Bonchev–Trinajstić information content (AvgIpc) is 2.79. The van der Waals surface area contributed by atoms with Gasteiger partial charge in [0.25, 0.3) is 10.0 Å². The van der Waals surface area contributed by atoms with E-state index in [9.17, 15) is 13.2 Å². The molecule has 0 saturated heterocycles. The summed E-state index contributed by atoms with van der Waals surface area (Å²) in [6.07, 6.45) is 2.84. The molecule has 0 spiro atoms. The lowest BCUT2D eigenvalue weighted by Gasteiger charge is -2.28. The minimum atomic E-state index is -3.89. The van der Waals surface area contributed by atoms with Crippen LogP contribution in [0.4, 0.5) is 5.69 Å². The van der Waals surface area contributed by atoms with Gasteiger partial charge < -0.3 is 5.32 Å². The zero-order valence-corrected chi connectivity index (χ0v) is 18.3. The second-order valence-electron chi connectivity index (χ2n) is 7.87. The predicted octanol–water partition coefficient (Wildman–Crippen LogP) is 4.38. The number of rotatable bonds is 6. The molecule has 0 aliphatic heterocycles. The van der Waals surface area contributed by atoms with Gasteiger partial charge in [0.2, 0.25) is 5.91 Å². The maximum atomic E-state index is 13.4. The Hall–Kier alpha value is -3.12. The van der Waals surface area contributed by atoms with Gasteiger partial charge in [0, 0.05) is 0 Å². The Morgan fingerprint density at radius 3 is 2.39 bits per heavy atom. The summed E-state index contributed by atoms with van der Waals surface area (Å²) < 4.78 is 28.0. The molecular weight excluding hydrogens is 408 g/mol. The molecule has 1 atom stereocenters. The maximum Gasteiger partial charge on any atom is 0.264 e. The normalized spacial score (nSPS) is 15.7. The van der Waals surface area contributed by atoms with Crippen molar-refractivity contribution < 1.29 is 13.2 Å². The van der Waals surface area contributed by atoms with Crippen LogP contribution in [0.5, 0.6) is 0 Å². The van der Waals surface area contributed by atoms with Crippen molar-refractivity contribution in [3.05, 3.63) is 95.6 Å². The molecule has 1 amide bonds. The van der Waals surface area contributed by atoms with E-state index in [1.807, 2.05) is 37.3 Å². The topological polar surface area (TPSA) is 66.5 Å². The summed E-state index contributed by atoms with van der Waals surface area (Å²) in [6, 6.07) is 23.4. The van der Waals surface area contributed by atoms with Crippen LogP contribution < -0.4 is 9.62 Å². The van der Waals surface area contributed by atoms with E-state index in [0.717, 1.165) is 30.4 Å². The van der Waals surface area contributed by atoms with E-state index < -0.39 is 10.0 Å². The van der Waals surface area contributed by atoms with Crippen LogP contribution in [0.3, 0.4) is 0 Å². The first-order chi connectivity index (χ1) is 14.9. The number of hydrogen-bond acceptors (Lipinski definition) is 3. The second kappa shape index (κ2) is 8.94. The molecule has 160 valence electrons. The van der Waals surface area contributed by atoms with Crippen molar-refractivity contribution in [1.29, 1.82) is 0 Å². The molecule has 0 saturated carbocycles. The average molecular weight is 435 g/mol. The first-order valence-corrected chi connectivity index (χ1v) is 11.9. The number of anilines is 1. The Morgan fingerprint density at radius 1 is 0.968 bits per heavy atom. The Bertz CT molecular complexity index is 1160. The molecule has 4 rings (SSSR count). The van der Waals surface area contributed by atoms with Gasteiger partial charge in [-0.05, 0) is 61.6 Å². The van der Waals surface area contributed by atoms with Crippen molar-refractivity contribution in [2.75, 3.05) is 10.8 Å². The first-order valence-electron chi connectivity index (χ1n) is 10.5.